The highest BCUT2D eigenvalue weighted by Crippen LogP contribution is 2.30. The van der Waals surface area contributed by atoms with Crippen LogP contribution < -0.4 is 9.47 Å². The summed E-state index contributed by atoms with van der Waals surface area (Å²) in [6.07, 6.45) is 0. The quantitative estimate of drug-likeness (QED) is 0.793. The Hall–Kier alpha value is -2.04. The fourth-order valence-electron chi connectivity index (χ4n) is 1.60. The summed E-state index contributed by atoms with van der Waals surface area (Å²) >= 11 is 0. The molecule has 0 amide bonds. The van der Waals surface area contributed by atoms with Crippen LogP contribution in [0.25, 0.3) is 0 Å². The van der Waals surface area contributed by atoms with Crippen molar-refractivity contribution in [1.82, 2.24) is 0 Å². The van der Waals surface area contributed by atoms with Gasteiger partial charge in [0.1, 0.15) is 13.2 Å². The van der Waals surface area contributed by atoms with Gasteiger partial charge >= 0.3 is 5.97 Å². The van der Waals surface area contributed by atoms with Crippen molar-refractivity contribution in [3.63, 3.8) is 0 Å². The molecular formula is C15H18O5. The molecule has 2 rings (SSSR count). The molecular weight excluding hydrogens is 260 g/mol. The number of hydrogen-bond acceptors (Lipinski definition) is 5. The number of ketones is 1. The molecule has 1 aromatic carbocycles. The number of rotatable bonds is 3. The molecule has 1 aromatic rings. The molecule has 0 saturated heterocycles. The van der Waals surface area contributed by atoms with E-state index in [4.69, 9.17) is 14.2 Å². The smallest absolute Gasteiger partial charge is 0.338 e. The third kappa shape index (κ3) is 3.29. The lowest BCUT2D eigenvalue weighted by Gasteiger charge is -2.19. The lowest BCUT2D eigenvalue weighted by atomic mass is 9.91. The summed E-state index contributed by atoms with van der Waals surface area (Å²) in [6.45, 7) is 6.08. The van der Waals surface area contributed by atoms with Gasteiger partial charge < -0.3 is 14.2 Å². The van der Waals surface area contributed by atoms with Crippen LogP contribution in [0, 0.1) is 5.41 Å². The summed E-state index contributed by atoms with van der Waals surface area (Å²) in [6, 6.07) is 4.83. The maximum atomic E-state index is 11.9. The molecule has 5 nitrogen and oxygen atoms in total. The standard InChI is InChI=1S/C15H18O5/c1-15(2,3)13(16)9-20-14(17)10-4-5-11-12(8-10)19-7-6-18-11/h4-5,8H,6-7,9H2,1-3H3. The summed E-state index contributed by atoms with van der Waals surface area (Å²) < 4.78 is 15.8. The average molecular weight is 278 g/mol. The fourth-order valence-corrected chi connectivity index (χ4v) is 1.60. The molecule has 0 unspecified atom stereocenters. The molecule has 0 aliphatic carbocycles. The van der Waals surface area contributed by atoms with E-state index in [-0.39, 0.29) is 12.4 Å². The Labute approximate surface area is 117 Å². The van der Waals surface area contributed by atoms with Crippen LogP contribution in [0.5, 0.6) is 11.5 Å². The van der Waals surface area contributed by atoms with Crippen LogP contribution >= 0.6 is 0 Å². The molecule has 0 spiro atoms. The van der Waals surface area contributed by atoms with E-state index in [0.29, 0.717) is 30.3 Å². The van der Waals surface area contributed by atoms with Crippen LogP contribution in [-0.4, -0.2) is 31.6 Å². The van der Waals surface area contributed by atoms with E-state index in [1.54, 1.807) is 39.0 Å². The molecule has 0 bridgehead atoms. The van der Waals surface area contributed by atoms with E-state index < -0.39 is 11.4 Å². The van der Waals surface area contributed by atoms with Crippen molar-refractivity contribution in [3.05, 3.63) is 23.8 Å². The van der Waals surface area contributed by atoms with E-state index in [9.17, 15) is 9.59 Å². The number of benzene rings is 1. The second-order valence-electron chi connectivity index (χ2n) is 5.61. The van der Waals surface area contributed by atoms with E-state index in [1.165, 1.54) is 0 Å². The van der Waals surface area contributed by atoms with Gasteiger partial charge in [-0.1, -0.05) is 20.8 Å². The highest BCUT2D eigenvalue weighted by atomic mass is 16.6. The zero-order valence-corrected chi connectivity index (χ0v) is 11.9. The zero-order valence-electron chi connectivity index (χ0n) is 11.9. The van der Waals surface area contributed by atoms with Crippen molar-refractivity contribution in [2.45, 2.75) is 20.8 Å². The largest absolute Gasteiger partial charge is 0.486 e. The van der Waals surface area contributed by atoms with Crippen molar-refractivity contribution < 1.29 is 23.8 Å². The normalized spacial score (nSPS) is 13.8. The van der Waals surface area contributed by atoms with Crippen LogP contribution in [0.1, 0.15) is 31.1 Å². The number of carbonyl (C=O) groups excluding carboxylic acids is 2. The lowest BCUT2D eigenvalue weighted by molar-refractivity contribution is -0.129. The predicted octanol–water partition coefficient (Wildman–Crippen LogP) is 2.23. The Morgan fingerprint density at radius 1 is 1.15 bits per heavy atom. The van der Waals surface area contributed by atoms with Gasteiger partial charge in [-0.25, -0.2) is 4.79 Å². The van der Waals surface area contributed by atoms with Crippen molar-refractivity contribution >= 4 is 11.8 Å². The first kappa shape index (κ1) is 14.4. The Kier molecular flexibility index (Phi) is 3.97. The Morgan fingerprint density at radius 2 is 1.80 bits per heavy atom. The first-order chi connectivity index (χ1) is 9.38. The van der Waals surface area contributed by atoms with Gasteiger partial charge in [0, 0.05) is 5.41 Å². The fraction of sp³-hybridized carbons (Fsp3) is 0.467. The summed E-state index contributed by atoms with van der Waals surface area (Å²) in [5.41, 5.74) is -0.177. The number of hydrogen-bond donors (Lipinski definition) is 0. The van der Waals surface area contributed by atoms with E-state index >= 15 is 0 Å². The van der Waals surface area contributed by atoms with Gasteiger partial charge in [-0.3, -0.25) is 4.79 Å². The lowest BCUT2D eigenvalue weighted by Crippen LogP contribution is -2.26. The summed E-state index contributed by atoms with van der Waals surface area (Å²) in [5, 5.41) is 0. The van der Waals surface area contributed by atoms with Crippen LogP contribution in [0.3, 0.4) is 0 Å². The second kappa shape index (κ2) is 5.53. The molecule has 1 aliphatic heterocycles. The van der Waals surface area contributed by atoms with Crippen LogP contribution in [-0.2, 0) is 9.53 Å². The van der Waals surface area contributed by atoms with Crippen LogP contribution in [0.2, 0.25) is 0 Å². The minimum atomic E-state index is -0.542. The van der Waals surface area contributed by atoms with E-state index in [2.05, 4.69) is 0 Å². The molecule has 0 aromatic heterocycles. The molecule has 0 atom stereocenters. The molecule has 1 heterocycles. The number of carbonyl (C=O) groups is 2. The van der Waals surface area contributed by atoms with Crippen molar-refractivity contribution in [1.29, 1.82) is 0 Å². The van der Waals surface area contributed by atoms with Gasteiger partial charge in [0.15, 0.2) is 23.9 Å². The summed E-state index contributed by atoms with van der Waals surface area (Å²) in [4.78, 5) is 23.6. The topological polar surface area (TPSA) is 61.8 Å². The minimum absolute atomic E-state index is 0.122. The van der Waals surface area contributed by atoms with Gasteiger partial charge in [-0.05, 0) is 18.2 Å². The monoisotopic (exact) mass is 278 g/mol. The highest BCUT2D eigenvalue weighted by Gasteiger charge is 2.23. The van der Waals surface area contributed by atoms with Gasteiger partial charge in [0.05, 0.1) is 5.56 Å². The van der Waals surface area contributed by atoms with Gasteiger partial charge in [-0.15, -0.1) is 0 Å². The number of esters is 1. The van der Waals surface area contributed by atoms with Crippen molar-refractivity contribution in [3.8, 4) is 11.5 Å². The number of fused-ring (bicyclic) bond motifs is 1. The number of Topliss-reactive ketones (excluding diaryl/α,β-unsaturated/α-hetero) is 1. The molecule has 20 heavy (non-hydrogen) atoms. The summed E-state index contributed by atoms with van der Waals surface area (Å²) in [7, 11) is 0. The molecule has 0 fully saturated rings. The minimum Gasteiger partial charge on any atom is -0.486 e. The molecule has 108 valence electrons. The maximum absolute atomic E-state index is 11.9. The Bertz CT molecular complexity index is 528. The molecule has 1 aliphatic rings. The number of ether oxygens (including phenoxy) is 3. The first-order valence-electron chi connectivity index (χ1n) is 6.48. The van der Waals surface area contributed by atoms with E-state index in [0.717, 1.165) is 0 Å². The molecule has 0 N–H and O–H groups in total. The van der Waals surface area contributed by atoms with Gasteiger partial charge in [-0.2, -0.15) is 0 Å². The Balaban J connectivity index is 2.01. The zero-order chi connectivity index (χ0) is 14.8. The second-order valence-corrected chi connectivity index (χ2v) is 5.61. The predicted molar refractivity (Wildman–Crippen MR) is 72.2 cm³/mol. The van der Waals surface area contributed by atoms with Crippen LogP contribution in [0.15, 0.2) is 18.2 Å². The van der Waals surface area contributed by atoms with E-state index in [1.807, 2.05) is 0 Å². The molecule has 5 heteroatoms. The third-order valence-electron chi connectivity index (χ3n) is 2.95. The SMILES string of the molecule is CC(C)(C)C(=O)COC(=O)c1ccc2c(c1)OCCO2. The first-order valence-corrected chi connectivity index (χ1v) is 6.48. The molecule has 0 saturated carbocycles. The van der Waals surface area contributed by atoms with Gasteiger partial charge in [0.2, 0.25) is 0 Å². The highest BCUT2D eigenvalue weighted by molar-refractivity contribution is 5.93. The molecule has 0 radical (unpaired) electrons. The average Bonchev–Trinajstić information content (AvgIpc) is 2.42. The van der Waals surface area contributed by atoms with Gasteiger partial charge in [0.25, 0.3) is 0 Å². The summed E-state index contributed by atoms with van der Waals surface area (Å²) in [5.74, 6) is 0.467. The third-order valence-corrected chi connectivity index (χ3v) is 2.95. The van der Waals surface area contributed by atoms with Crippen molar-refractivity contribution in [2.24, 2.45) is 5.41 Å². The Morgan fingerprint density at radius 3 is 2.45 bits per heavy atom. The van der Waals surface area contributed by atoms with Crippen molar-refractivity contribution in [2.75, 3.05) is 19.8 Å². The maximum Gasteiger partial charge on any atom is 0.338 e. The van der Waals surface area contributed by atoms with Crippen LogP contribution in [0.4, 0.5) is 0 Å².